The Bertz CT molecular complexity index is 178. The van der Waals surface area contributed by atoms with Crippen molar-refractivity contribution in [3.8, 4) is 0 Å². The molecular weight excluding hydrogens is 176 g/mol. The Morgan fingerprint density at radius 3 is 2.50 bits per heavy atom. The number of aliphatic hydroxyl groups excluding tert-OH is 1. The van der Waals surface area contributed by atoms with Crippen LogP contribution in [-0.2, 0) is 0 Å². The number of hydrogen-bond acceptors (Lipinski definition) is 3. The highest BCUT2D eigenvalue weighted by Gasteiger charge is 2.31. The molecule has 0 aromatic rings. The lowest BCUT2D eigenvalue weighted by Gasteiger charge is -2.37. The van der Waals surface area contributed by atoms with Crippen molar-refractivity contribution in [2.24, 2.45) is 0 Å². The zero-order valence-electron chi connectivity index (χ0n) is 9.15. The van der Waals surface area contributed by atoms with Crippen LogP contribution in [0.4, 0.5) is 0 Å². The fraction of sp³-hybridized carbons (Fsp3) is 1.00. The summed E-state index contributed by atoms with van der Waals surface area (Å²) in [4.78, 5) is 4.95. The molecule has 0 saturated carbocycles. The number of nitrogens with zero attached hydrogens (tertiary/aromatic N) is 2. The molecule has 2 aliphatic heterocycles. The van der Waals surface area contributed by atoms with E-state index in [1.54, 1.807) is 0 Å². The van der Waals surface area contributed by atoms with Gasteiger partial charge in [0.1, 0.15) is 0 Å². The molecule has 2 heterocycles. The molecule has 0 amide bonds. The van der Waals surface area contributed by atoms with Gasteiger partial charge in [-0.05, 0) is 52.4 Å². The maximum Gasteiger partial charge on any atom is 0.0586 e. The highest BCUT2D eigenvalue weighted by atomic mass is 16.3. The van der Waals surface area contributed by atoms with Gasteiger partial charge in [-0.1, -0.05) is 0 Å². The van der Waals surface area contributed by atoms with Crippen molar-refractivity contribution in [1.29, 1.82) is 0 Å². The Morgan fingerprint density at radius 1 is 1.14 bits per heavy atom. The van der Waals surface area contributed by atoms with Gasteiger partial charge in [0.2, 0.25) is 0 Å². The maximum atomic E-state index is 9.27. The molecule has 0 radical (unpaired) electrons. The fourth-order valence-electron chi connectivity index (χ4n) is 2.86. The van der Waals surface area contributed by atoms with Crippen LogP contribution < -0.4 is 0 Å². The molecule has 0 aromatic heterocycles. The lowest BCUT2D eigenvalue weighted by Crippen LogP contribution is -2.46. The van der Waals surface area contributed by atoms with Crippen molar-refractivity contribution in [3.63, 3.8) is 0 Å². The van der Waals surface area contributed by atoms with Crippen LogP contribution in [0, 0.1) is 0 Å². The molecule has 1 atom stereocenters. The van der Waals surface area contributed by atoms with Crippen LogP contribution in [0.15, 0.2) is 0 Å². The molecule has 0 bridgehead atoms. The topological polar surface area (TPSA) is 26.7 Å². The van der Waals surface area contributed by atoms with E-state index in [0.717, 1.165) is 6.04 Å². The number of rotatable bonds is 2. The fourth-order valence-corrected chi connectivity index (χ4v) is 2.86. The summed E-state index contributed by atoms with van der Waals surface area (Å²) in [7, 11) is 2.20. The van der Waals surface area contributed by atoms with Crippen molar-refractivity contribution in [2.75, 3.05) is 33.3 Å². The van der Waals surface area contributed by atoms with Crippen LogP contribution in [0.5, 0.6) is 0 Å². The van der Waals surface area contributed by atoms with Crippen LogP contribution in [0.25, 0.3) is 0 Å². The van der Waals surface area contributed by atoms with E-state index >= 15 is 0 Å². The van der Waals surface area contributed by atoms with E-state index in [2.05, 4.69) is 16.8 Å². The summed E-state index contributed by atoms with van der Waals surface area (Å²) in [6.07, 6.45) is 5.04. The van der Waals surface area contributed by atoms with Gasteiger partial charge in [0, 0.05) is 12.1 Å². The number of aliphatic hydroxyl groups is 1. The Morgan fingerprint density at radius 2 is 1.86 bits per heavy atom. The number of piperidine rings is 1. The van der Waals surface area contributed by atoms with Gasteiger partial charge in [0.15, 0.2) is 0 Å². The van der Waals surface area contributed by atoms with E-state index in [-0.39, 0.29) is 0 Å². The second kappa shape index (κ2) is 4.60. The summed E-state index contributed by atoms with van der Waals surface area (Å²) in [5.74, 6) is 0. The second-order valence-corrected chi connectivity index (χ2v) is 4.75. The number of likely N-dealkylation sites (tertiary alicyclic amines) is 2. The largest absolute Gasteiger partial charge is 0.395 e. The minimum atomic E-state index is 0.354. The van der Waals surface area contributed by atoms with Crippen molar-refractivity contribution >= 4 is 0 Å². The summed E-state index contributed by atoms with van der Waals surface area (Å²) >= 11 is 0. The molecule has 3 heteroatoms. The Hall–Kier alpha value is -0.120. The first kappa shape index (κ1) is 10.4. The molecule has 2 saturated heterocycles. The zero-order chi connectivity index (χ0) is 9.97. The molecule has 0 spiro atoms. The van der Waals surface area contributed by atoms with Gasteiger partial charge in [0.25, 0.3) is 0 Å². The van der Waals surface area contributed by atoms with E-state index in [1.807, 2.05) is 0 Å². The predicted octanol–water partition coefficient (Wildman–Crippen LogP) is 0.537. The van der Waals surface area contributed by atoms with Crippen molar-refractivity contribution < 1.29 is 5.11 Å². The second-order valence-electron chi connectivity index (χ2n) is 4.75. The molecule has 1 N–H and O–H groups in total. The summed E-state index contributed by atoms with van der Waals surface area (Å²) in [5.41, 5.74) is 0. The monoisotopic (exact) mass is 198 g/mol. The Kier molecular flexibility index (Phi) is 3.42. The van der Waals surface area contributed by atoms with Gasteiger partial charge in [0.05, 0.1) is 6.61 Å². The van der Waals surface area contributed by atoms with Crippen molar-refractivity contribution in [2.45, 2.75) is 37.8 Å². The van der Waals surface area contributed by atoms with E-state index < -0.39 is 0 Å². The molecule has 2 fully saturated rings. The summed E-state index contributed by atoms with van der Waals surface area (Å²) in [6, 6.07) is 1.20. The quantitative estimate of drug-likeness (QED) is 0.701. The number of hydrogen-bond donors (Lipinski definition) is 1. The molecule has 2 rings (SSSR count). The molecular formula is C11H22N2O. The standard InChI is InChI=1S/C11H22N2O/c1-12-7-4-10(5-8-12)13-6-2-3-11(13)9-14/h10-11,14H,2-9H2,1H3. The third-order valence-corrected chi connectivity index (χ3v) is 3.79. The van der Waals surface area contributed by atoms with Gasteiger partial charge >= 0.3 is 0 Å². The van der Waals surface area contributed by atoms with E-state index in [9.17, 15) is 5.11 Å². The van der Waals surface area contributed by atoms with Crippen LogP contribution in [-0.4, -0.2) is 60.3 Å². The highest BCUT2D eigenvalue weighted by molar-refractivity contribution is 4.87. The summed E-state index contributed by atoms with van der Waals surface area (Å²) < 4.78 is 0. The normalized spacial score (nSPS) is 32.6. The smallest absolute Gasteiger partial charge is 0.0586 e. The van der Waals surface area contributed by atoms with E-state index in [4.69, 9.17) is 0 Å². The van der Waals surface area contributed by atoms with E-state index in [1.165, 1.54) is 45.3 Å². The third-order valence-electron chi connectivity index (χ3n) is 3.79. The SMILES string of the molecule is CN1CCC(N2CCCC2CO)CC1. The van der Waals surface area contributed by atoms with Crippen molar-refractivity contribution in [1.82, 2.24) is 9.80 Å². The molecule has 0 aliphatic carbocycles. The molecule has 82 valence electrons. The lowest BCUT2D eigenvalue weighted by molar-refractivity contribution is 0.0799. The first-order valence-corrected chi connectivity index (χ1v) is 5.86. The third kappa shape index (κ3) is 2.10. The first-order chi connectivity index (χ1) is 6.81. The van der Waals surface area contributed by atoms with Crippen LogP contribution in [0.3, 0.4) is 0 Å². The average molecular weight is 198 g/mol. The van der Waals surface area contributed by atoms with Gasteiger partial charge in [-0.25, -0.2) is 0 Å². The molecule has 2 aliphatic rings. The lowest BCUT2D eigenvalue weighted by atomic mass is 10.0. The van der Waals surface area contributed by atoms with Crippen LogP contribution >= 0.6 is 0 Å². The minimum Gasteiger partial charge on any atom is -0.395 e. The van der Waals surface area contributed by atoms with Gasteiger partial charge in [-0.3, -0.25) is 4.90 Å². The average Bonchev–Trinajstić information content (AvgIpc) is 2.67. The minimum absolute atomic E-state index is 0.354. The highest BCUT2D eigenvalue weighted by Crippen LogP contribution is 2.25. The first-order valence-electron chi connectivity index (χ1n) is 5.86. The van der Waals surface area contributed by atoms with Gasteiger partial charge in [-0.2, -0.15) is 0 Å². The molecule has 14 heavy (non-hydrogen) atoms. The summed E-state index contributed by atoms with van der Waals surface area (Å²) in [6.45, 7) is 4.00. The van der Waals surface area contributed by atoms with Gasteiger partial charge < -0.3 is 10.0 Å². The Balaban J connectivity index is 1.88. The van der Waals surface area contributed by atoms with Crippen LogP contribution in [0.2, 0.25) is 0 Å². The zero-order valence-corrected chi connectivity index (χ0v) is 9.15. The Labute approximate surface area is 86.7 Å². The molecule has 1 unspecified atom stereocenters. The predicted molar refractivity (Wildman–Crippen MR) is 57.3 cm³/mol. The van der Waals surface area contributed by atoms with Crippen LogP contribution in [0.1, 0.15) is 25.7 Å². The van der Waals surface area contributed by atoms with Crippen molar-refractivity contribution in [3.05, 3.63) is 0 Å². The molecule has 3 nitrogen and oxygen atoms in total. The van der Waals surface area contributed by atoms with Gasteiger partial charge in [-0.15, -0.1) is 0 Å². The van der Waals surface area contributed by atoms with E-state index in [0.29, 0.717) is 12.6 Å². The summed E-state index contributed by atoms with van der Waals surface area (Å²) in [5, 5.41) is 9.27. The molecule has 0 aromatic carbocycles. The maximum absolute atomic E-state index is 9.27.